The van der Waals surface area contributed by atoms with Crippen LogP contribution in [-0.2, 0) is 0 Å². The number of likely N-dealkylation sites (N-methyl/N-ethyl adjacent to an activating group) is 1. The standard InChI is InChI=1S/C12H15Cl2NO3/c1-12(2,18)6-15(3)11(17)10-8(14)4-7(13)5-9(10)16/h4-5,16,18H,6H2,1-3H3. The third kappa shape index (κ3) is 3.77. The van der Waals surface area contributed by atoms with Gasteiger partial charge in [-0.15, -0.1) is 0 Å². The highest BCUT2D eigenvalue weighted by atomic mass is 35.5. The maximum absolute atomic E-state index is 12.1. The van der Waals surface area contributed by atoms with Crippen molar-refractivity contribution in [2.45, 2.75) is 19.4 Å². The molecule has 0 radical (unpaired) electrons. The minimum atomic E-state index is -1.03. The lowest BCUT2D eigenvalue weighted by Crippen LogP contribution is -2.39. The number of carbonyl (C=O) groups excluding carboxylic acids is 1. The van der Waals surface area contributed by atoms with Crippen LogP contribution in [0, 0.1) is 0 Å². The molecule has 1 amide bonds. The molecule has 0 atom stereocenters. The van der Waals surface area contributed by atoms with Crippen LogP contribution in [0.15, 0.2) is 12.1 Å². The minimum absolute atomic E-state index is 0.0205. The van der Waals surface area contributed by atoms with Crippen molar-refractivity contribution in [3.8, 4) is 5.75 Å². The molecule has 0 heterocycles. The highest BCUT2D eigenvalue weighted by molar-refractivity contribution is 6.37. The van der Waals surface area contributed by atoms with Crippen LogP contribution in [0.4, 0.5) is 0 Å². The van der Waals surface area contributed by atoms with E-state index in [-0.39, 0.29) is 27.9 Å². The highest BCUT2D eigenvalue weighted by Gasteiger charge is 2.24. The Hall–Kier alpha value is -0.970. The van der Waals surface area contributed by atoms with Crippen molar-refractivity contribution < 1.29 is 15.0 Å². The monoisotopic (exact) mass is 291 g/mol. The maximum Gasteiger partial charge on any atom is 0.258 e. The van der Waals surface area contributed by atoms with Crippen molar-refractivity contribution in [2.24, 2.45) is 0 Å². The first-order chi connectivity index (χ1) is 8.11. The number of phenols is 1. The molecule has 1 aromatic rings. The van der Waals surface area contributed by atoms with Crippen LogP contribution >= 0.6 is 23.2 Å². The van der Waals surface area contributed by atoms with E-state index >= 15 is 0 Å². The molecule has 0 saturated heterocycles. The molecule has 0 saturated carbocycles. The molecule has 0 aliphatic rings. The van der Waals surface area contributed by atoms with E-state index in [0.29, 0.717) is 0 Å². The summed E-state index contributed by atoms with van der Waals surface area (Å²) in [5.41, 5.74) is -1.05. The molecular formula is C12H15Cl2NO3. The molecule has 6 heteroatoms. The van der Waals surface area contributed by atoms with Crippen LogP contribution in [0.25, 0.3) is 0 Å². The predicted octanol–water partition coefficient (Wildman–Crippen LogP) is 2.54. The fraction of sp³-hybridized carbons (Fsp3) is 0.417. The Morgan fingerprint density at radius 2 is 1.94 bits per heavy atom. The number of aliphatic hydroxyl groups is 1. The lowest BCUT2D eigenvalue weighted by Gasteiger charge is -2.26. The zero-order valence-corrected chi connectivity index (χ0v) is 11.9. The summed E-state index contributed by atoms with van der Waals surface area (Å²) in [6.45, 7) is 3.28. The van der Waals surface area contributed by atoms with E-state index in [2.05, 4.69) is 0 Å². The van der Waals surface area contributed by atoms with Crippen molar-refractivity contribution in [3.05, 3.63) is 27.7 Å². The number of carbonyl (C=O) groups is 1. The number of halogens is 2. The number of aromatic hydroxyl groups is 1. The summed E-state index contributed by atoms with van der Waals surface area (Å²) in [5.74, 6) is -0.753. The molecule has 18 heavy (non-hydrogen) atoms. The second-order valence-electron chi connectivity index (χ2n) is 4.76. The van der Waals surface area contributed by atoms with Gasteiger partial charge < -0.3 is 15.1 Å². The van der Waals surface area contributed by atoms with Crippen molar-refractivity contribution in [2.75, 3.05) is 13.6 Å². The molecule has 0 aliphatic carbocycles. The maximum atomic E-state index is 12.1. The van der Waals surface area contributed by atoms with Crippen LogP contribution in [-0.4, -0.2) is 40.2 Å². The Balaban J connectivity index is 3.05. The summed E-state index contributed by atoms with van der Waals surface area (Å²) in [6, 6.07) is 2.63. The summed E-state index contributed by atoms with van der Waals surface area (Å²) >= 11 is 11.6. The van der Waals surface area contributed by atoms with Crippen LogP contribution < -0.4 is 0 Å². The summed E-state index contributed by atoms with van der Waals surface area (Å²) < 4.78 is 0. The summed E-state index contributed by atoms with van der Waals surface area (Å²) in [7, 11) is 1.52. The van der Waals surface area contributed by atoms with Gasteiger partial charge in [-0.1, -0.05) is 23.2 Å². The number of hydrogen-bond acceptors (Lipinski definition) is 3. The molecular weight excluding hydrogens is 277 g/mol. The first-order valence-electron chi connectivity index (χ1n) is 5.27. The van der Waals surface area contributed by atoms with E-state index in [9.17, 15) is 15.0 Å². The first-order valence-corrected chi connectivity index (χ1v) is 6.03. The van der Waals surface area contributed by atoms with Crippen LogP contribution in [0.1, 0.15) is 24.2 Å². The number of rotatable bonds is 3. The summed E-state index contributed by atoms with van der Waals surface area (Å²) in [5, 5.41) is 19.7. The smallest absolute Gasteiger partial charge is 0.258 e. The van der Waals surface area contributed by atoms with Gasteiger partial charge in [-0.05, 0) is 26.0 Å². The Morgan fingerprint density at radius 3 is 2.39 bits per heavy atom. The van der Waals surface area contributed by atoms with Crippen molar-refractivity contribution >= 4 is 29.1 Å². The lowest BCUT2D eigenvalue weighted by atomic mass is 10.1. The molecule has 0 aromatic heterocycles. The van der Waals surface area contributed by atoms with Gasteiger partial charge in [0.15, 0.2) is 0 Å². The lowest BCUT2D eigenvalue weighted by molar-refractivity contribution is 0.0366. The fourth-order valence-corrected chi connectivity index (χ4v) is 2.18. The van der Waals surface area contributed by atoms with Gasteiger partial charge in [-0.3, -0.25) is 4.79 Å². The van der Waals surface area contributed by atoms with Gasteiger partial charge in [0, 0.05) is 18.6 Å². The van der Waals surface area contributed by atoms with Gasteiger partial charge >= 0.3 is 0 Å². The molecule has 0 spiro atoms. The Labute approximate surface area is 116 Å². The van der Waals surface area contributed by atoms with E-state index in [1.165, 1.54) is 24.1 Å². The Morgan fingerprint density at radius 1 is 1.39 bits per heavy atom. The third-order valence-electron chi connectivity index (χ3n) is 2.22. The normalized spacial score (nSPS) is 11.4. The first kappa shape index (κ1) is 15.1. The number of phenolic OH excluding ortho intramolecular Hbond substituents is 1. The third-order valence-corrected chi connectivity index (χ3v) is 2.74. The van der Waals surface area contributed by atoms with Crippen LogP contribution in [0.5, 0.6) is 5.75 Å². The molecule has 0 unspecified atom stereocenters. The van der Waals surface area contributed by atoms with Crippen molar-refractivity contribution in [1.29, 1.82) is 0 Å². The van der Waals surface area contributed by atoms with E-state index in [0.717, 1.165) is 0 Å². The quantitative estimate of drug-likeness (QED) is 0.900. The van der Waals surface area contributed by atoms with Crippen LogP contribution in [0.3, 0.4) is 0 Å². The van der Waals surface area contributed by atoms with Gasteiger partial charge in [0.05, 0.1) is 16.2 Å². The summed E-state index contributed by atoms with van der Waals surface area (Å²) in [6.07, 6.45) is 0. The van der Waals surface area contributed by atoms with E-state index in [1.54, 1.807) is 13.8 Å². The number of hydrogen-bond donors (Lipinski definition) is 2. The van der Waals surface area contributed by atoms with Crippen molar-refractivity contribution in [3.63, 3.8) is 0 Å². The molecule has 100 valence electrons. The van der Waals surface area contributed by atoms with Crippen LogP contribution in [0.2, 0.25) is 10.0 Å². The van der Waals surface area contributed by atoms with Gasteiger partial charge in [0.2, 0.25) is 0 Å². The Bertz CT molecular complexity index is 446. The van der Waals surface area contributed by atoms with Gasteiger partial charge in [0.1, 0.15) is 5.75 Å². The van der Waals surface area contributed by atoms with Gasteiger partial charge in [-0.25, -0.2) is 0 Å². The predicted molar refractivity (Wildman–Crippen MR) is 71.4 cm³/mol. The topological polar surface area (TPSA) is 60.8 Å². The molecule has 2 N–H and O–H groups in total. The zero-order chi connectivity index (χ0) is 14.1. The minimum Gasteiger partial charge on any atom is -0.507 e. The molecule has 1 aromatic carbocycles. The SMILES string of the molecule is CN(CC(C)(C)O)C(=O)c1c(O)cc(Cl)cc1Cl. The largest absolute Gasteiger partial charge is 0.507 e. The molecule has 1 rings (SSSR count). The average Bonchev–Trinajstić information content (AvgIpc) is 2.12. The second-order valence-corrected chi connectivity index (χ2v) is 5.60. The van der Waals surface area contributed by atoms with E-state index < -0.39 is 11.5 Å². The number of benzene rings is 1. The molecule has 0 aliphatic heterocycles. The highest BCUT2D eigenvalue weighted by Crippen LogP contribution is 2.31. The number of amides is 1. The van der Waals surface area contributed by atoms with Crippen molar-refractivity contribution in [1.82, 2.24) is 4.90 Å². The molecule has 0 fully saturated rings. The molecule has 0 bridgehead atoms. The molecule has 4 nitrogen and oxygen atoms in total. The van der Waals surface area contributed by atoms with E-state index in [4.69, 9.17) is 23.2 Å². The fourth-order valence-electron chi connectivity index (χ4n) is 1.61. The summed E-state index contributed by atoms with van der Waals surface area (Å²) in [4.78, 5) is 13.4. The van der Waals surface area contributed by atoms with E-state index in [1.807, 2.05) is 0 Å². The van der Waals surface area contributed by atoms with Gasteiger partial charge in [0.25, 0.3) is 5.91 Å². The Kier molecular flexibility index (Phi) is 4.48. The second kappa shape index (κ2) is 5.34. The number of nitrogens with zero attached hydrogens (tertiary/aromatic N) is 1. The van der Waals surface area contributed by atoms with Gasteiger partial charge in [-0.2, -0.15) is 0 Å². The average molecular weight is 292 g/mol. The zero-order valence-electron chi connectivity index (χ0n) is 10.4.